The summed E-state index contributed by atoms with van der Waals surface area (Å²) in [6, 6.07) is 19.5. The van der Waals surface area contributed by atoms with Crippen molar-refractivity contribution in [1.82, 2.24) is 9.47 Å². The van der Waals surface area contributed by atoms with E-state index in [0.717, 1.165) is 22.7 Å². The number of carbonyl (C=O) groups excluding carboxylic acids is 1. The van der Waals surface area contributed by atoms with Crippen LogP contribution in [0.4, 0.5) is 5.69 Å². The molecular formula is C23H21N3O2S. The van der Waals surface area contributed by atoms with Crippen LogP contribution in [0, 0.1) is 0 Å². The second kappa shape index (κ2) is 8.41. The summed E-state index contributed by atoms with van der Waals surface area (Å²) in [7, 11) is 1.65. The molecule has 146 valence electrons. The van der Waals surface area contributed by atoms with Crippen molar-refractivity contribution in [2.75, 3.05) is 13.7 Å². The number of aromatic nitrogens is 1. The number of benzene rings is 2. The number of amidine groups is 1. The molecule has 0 bridgehead atoms. The van der Waals surface area contributed by atoms with Gasteiger partial charge in [-0.05, 0) is 72.8 Å². The molecule has 1 amide bonds. The zero-order valence-corrected chi connectivity index (χ0v) is 17.1. The number of ether oxygens (including phenoxy) is 1. The van der Waals surface area contributed by atoms with Gasteiger partial charge in [-0.15, -0.1) is 0 Å². The van der Waals surface area contributed by atoms with Gasteiger partial charge in [0.2, 0.25) is 0 Å². The Morgan fingerprint density at radius 3 is 2.52 bits per heavy atom. The number of aliphatic imine (C=N–C) groups is 1. The summed E-state index contributed by atoms with van der Waals surface area (Å²) in [5.74, 6) is 0.811. The lowest BCUT2D eigenvalue weighted by molar-refractivity contribution is -0.122. The van der Waals surface area contributed by atoms with Crippen LogP contribution >= 0.6 is 11.8 Å². The SMILES string of the molecule is CCN1C(=O)/C(=C\c2ccn(-c3ccc(OC)cc3)c2)SC1=Nc1ccccc1. The molecule has 4 rings (SSSR count). The Bertz CT molecular complexity index is 1070. The maximum absolute atomic E-state index is 12.8. The molecule has 1 aromatic heterocycles. The van der Waals surface area contributed by atoms with Gasteiger partial charge in [0.15, 0.2) is 5.17 Å². The summed E-state index contributed by atoms with van der Waals surface area (Å²) in [6.45, 7) is 2.55. The molecule has 3 aromatic rings. The molecule has 0 N–H and O–H groups in total. The Hall–Kier alpha value is -3.25. The third-order valence-corrected chi connectivity index (χ3v) is 5.58. The number of carbonyl (C=O) groups is 1. The van der Waals surface area contributed by atoms with Crippen molar-refractivity contribution in [2.24, 2.45) is 4.99 Å². The third kappa shape index (κ3) is 4.12. The fourth-order valence-corrected chi connectivity index (χ4v) is 4.11. The molecule has 5 nitrogen and oxygen atoms in total. The maximum atomic E-state index is 12.8. The fourth-order valence-electron chi connectivity index (χ4n) is 3.05. The quantitative estimate of drug-likeness (QED) is 0.556. The monoisotopic (exact) mass is 403 g/mol. The smallest absolute Gasteiger partial charge is 0.266 e. The van der Waals surface area contributed by atoms with E-state index >= 15 is 0 Å². The minimum atomic E-state index is -0.00983. The van der Waals surface area contributed by atoms with Gasteiger partial charge in [-0.2, -0.15) is 0 Å². The third-order valence-electron chi connectivity index (χ3n) is 4.57. The number of thioether (sulfide) groups is 1. The van der Waals surface area contributed by atoms with E-state index in [2.05, 4.69) is 4.99 Å². The molecule has 0 atom stereocenters. The Morgan fingerprint density at radius 1 is 1.07 bits per heavy atom. The predicted molar refractivity (Wildman–Crippen MR) is 119 cm³/mol. The van der Waals surface area contributed by atoms with E-state index < -0.39 is 0 Å². The number of para-hydroxylation sites is 1. The van der Waals surface area contributed by atoms with E-state index in [1.165, 1.54) is 11.8 Å². The van der Waals surface area contributed by atoms with Crippen LogP contribution in [0.2, 0.25) is 0 Å². The number of hydrogen-bond acceptors (Lipinski definition) is 4. The average Bonchev–Trinajstić information content (AvgIpc) is 3.34. The lowest BCUT2D eigenvalue weighted by Gasteiger charge is -2.11. The highest BCUT2D eigenvalue weighted by molar-refractivity contribution is 8.18. The maximum Gasteiger partial charge on any atom is 0.266 e. The zero-order valence-electron chi connectivity index (χ0n) is 16.3. The first-order chi connectivity index (χ1) is 14.2. The highest BCUT2D eigenvalue weighted by atomic mass is 32.2. The Kier molecular flexibility index (Phi) is 5.53. The van der Waals surface area contributed by atoms with Crippen LogP contribution in [-0.2, 0) is 4.79 Å². The predicted octanol–water partition coefficient (Wildman–Crippen LogP) is 5.11. The van der Waals surface area contributed by atoms with Crippen molar-refractivity contribution in [2.45, 2.75) is 6.92 Å². The lowest BCUT2D eigenvalue weighted by atomic mass is 10.3. The highest BCUT2D eigenvalue weighted by Crippen LogP contribution is 2.34. The normalized spacial score (nSPS) is 16.8. The van der Waals surface area contributed by atoms with E-state index in [-0.39, 0.29) is 5.91 Å². The van der Waals surface area contributed by atoms with Gasteiger partial charge in [-0.3, -0.25) is 9.69 Å². The van der Waals surface area contributed by atoms with Gasteiger partial charge in [0.05, 0.1) is 17.7 Å². The van der Waals surface area contributed by atoms with Crippen LogP contribution in [-0.4, -0.2) is 34.2 Å². The van der Waals surface area contributed by atoms with Gasteiger partial charge < -0.3 is 9.30 Å². The molecule has 1 fully saturated rings. The second-order valence-electron chi connectivity index (χ2n) is 6.44. The molecule has 1 aliphatic rings. The van der Waals surface area contributed by atoms with E-state index in [0.29, 0.717) is 16.6 Å². The molecule has 0 spiro atoms. The van der Waals surface area contributed by atoms with Gasteiger partial charge in [-0.1, -0.05) is 18.2 Å². The zero-order chi connectivity index (χ0) is 20.2. The Morgan fingerprint density at radius 2 is 1.83 bits per heavy atom. The van der Waals surface area contributed by atoms with Gasteiger partial charge in [0.1, 0.15) is 5.75 Å². The van der Waals surface area contributed by atoms with Crippen LogP contribution in [0.1, 0.15) is 12.5 Å². The first kappa shape index (κ1) is 19.1. The van der Waals surface area contributed by atoms with Crippen molar-refractivity contribution in [1.29, 1.82) is 0 Å². The number of likely N-dealkylation sites (N-methyl/N-ethyl adjacent to an activating group) is 1. The van der Waals surface area contributed by atoms with E-state index in [1.807, 2.05) is 90.6 Å². The largest absolute Gasteiger partial charge is 0.497 e. The number of rotatable bonds is 5. The number of hydrogen-bond donors (Lipinski definition) is 0. The minimum absolute atomic E-state index is 0.00983. The van der Waals surface area contributed by atoms with Gasteiger partial charge in [0.25, 0.3) is 5.91 Å². The molecule has 0 radical (unpaired) electrons. The first-order valence-electron chi connectivity index (χ1n) is 9.35. The molecule has 2 heterocycles. The summed E-state index contributed by atoms with van der Waals surface area (Å²) >= 11 is 1.41. The van der Waals surface area contributed by atoms with Crippen molar-refractivity contribution in [3.05, 3.63) is 83.5 Å². The van der Waals surface area contributed by atoms with E-state index in [9.17, 15) is 4.79 Å². The van der Waals surface area contributed by atoms with Crippen LogP contribution in [0.25, 0.3) is 11.8 Å². The molecule has 0 aliphatic carbocycles. The first-order valence-corrected chi connectivity index (χ1v) is 10.2. The lowest BCUT2D eigenvalue weighted by Crippen LogP contribution is -2.28. The van der Waals surface area contributed by atoms with Crippen molar-refractivity contribution < 1.29 is 9.53 Å². The van der Waals surface area contributed by atoms with Crippen molar-refractivity contribution in [3.8, 4) is 11.4 Å². The molecule has 2 aromatic carbocycles. The summed E-state index contributed by atoms with van der Waals surface area (Å²) in [6.07, 6.45) is 5.91. The summed E-state index contributed by atoms with van der Waals surface area (Å²) in [5.41, 5.74) is 2.84. The Labute approximate surface area is 174 Å². The number of methoxy groups -OCH3 is 1. The summed E-state index contributed by atoms with van der Waals surface area (Å²) in [4.78, 5) is 19.9. The number of amides is 1. The second-order valence-corrected chi connectivity index (χ2v) is 7.45. The molecule has 6 heteroatoms. The Balaban J connectivity index is 1.59. The van der Waals surface area contributed by atoms with Crippen LogP contribution in [0.5, 0.6) is 5.75 Å². The van der Waals surface area contributed by atoms with E-state index in [4.69, 9.17) is 4.74 Å². The minimum Gasteiger partial charge on any atom is -0.497 e. The van der Waals surface area contributed by atoms with Gasteiger partial charge in [-0.25, -0.2) is 4.99 Å². The van der Waals surface area contributed by atoms with Crippen LogP contribution < -0.4 is 4.74 Å². The number of nitrogens with zero attached hydrogens (tertiary/aromatic N) is 3. The molecule has 1 aliphatic heterocycles. The summed E-state index contributed by atoms with van der Waals surface area (Å²) < 4.78 is 7.23. The van der Waals surface area contributed by atoms with Crippen LogP contribution in [0.15, 0.2) is 83.0 Å². The highest BCUT2D eigenvalue weighted by Gasteiger charge is 2.32. The average molecular weight is 404 g/mol. The van der Waals surface area contributed by atoms with Crippen molar-refractivity contribution in [3.63, 3.8) is 0 Å². The molecule has 0 unspecified atom stereocenters. The molecule has 1 saturated heterocycles. The standard InChI is InChI=1S/C23H21N3O2S/c1-3-26-22(27)21(29-23(26)24-18-7-5-4-6-8-18)15-17-13-14-25(16-17)19-9-11-20(28-2)12-10-19/h4-16H,3H2,1-2H3/b21-15+,24-23?. The molecular weight excluding hydrogens is 382 g/mol. The molecule has 29 heavy (non-hydrogen) atoms. The van der Waals surface area contributed by atoms with Gasteiger partial charge >= 0.3 is 0 Å². The van der Waals surface area contributed by atoms with Gasteiger partial charge in [0, 0.05) is 24.6 Å². The molecule has 0 saturated carbocycles. The topological polar surface area (TPSA) is 46.8 Å². The summed E-state index contributed by atoms with van der Waals surface area (Å²) in [5, 5.41) is 0.713. The van der Waals surface area contributed by atoms with Crippen molar-refractivity contribution >= 4 is 34.6 Å². The van der Waals surface area contributed by atoms with Crippen LogP contribution in [0.3, 0.4) is 0 Å². The van der Waals surface area contributed by atoms with E-state index in [1.54, 1.807) is 12.0 Å². The fraction of sp³-hybridized carbons (Fsp3) is 0.130.